The molecule has 2 aromatic heterocycles. The fourth-order valence-electron chi connectivity index (χ4n) is 4.02. The molecule has 7 nitrogen and oxygen atoms in total. The van der Waals surface area contributed by atoms with Gasteiger partial charge in [-0.1, -0.05) is 42.5 Å². The summed E-state index contributed by atoms with van der Waals surface area (Å²) in [5.41, 5.74) is 1.42. The van der Waals surface area contributed by atoms with Crippen LogP contribution in [0.25, 0.3) is 26.0 Å². The summed E-state index contributed by atoms with van der Waals surface area (Å²) in [5, 5.41) is 3.64. The van der Waals surface area contributed by atoms with E-state index >= 15 is 0 Å². The number of aromatic nitrogens is 2. The Morgan fingerprint density at radius 2 is 1.76 bits per heavy atom. The van der Waals surface area contributed by atoms with E-state index in [9.17, 15) is 14.4 Å². The third-order valence-corrected chi connectivity index (χ3v) is 6.84. The summed E-state index contributed by atoms with van der Waals surface area (Å²) in [5.74, 6) is 0.160. The van der Waals surface area contributed by atoms with Crippen molar-refractivity contribution >= 4 is 43.2 Å². The molecule has 0 atom stereocenters. The van der Waals surface area contributed by atoms with Crippen molar-refractivity contribution in [2.45, 2.75) is 13.5 Å². The zero-order valence-electron chi connectivity index (χ0n) is 18.6. The molecule has 1 N–H and O–H groups in total. The molecule has 2 heterocycles. The Labute approximate surface area is 198 Å². The van der Waals surface area contributed by atoms with Crippen molar-refractivity contribution < 1.29 is 9.53 Å². The van der Waals surface area contributed by atoms with E-state index in [-0.39, 0.29) is 12.5 Å². The molecular weight excluding hydrogens is 450 g/mol. The lowest BCUT2D eigenvalue weighted by Crippen LogP contribution is -2.40. The van der Waals surface area contributed by atoms with E-state index in [1.54, 1.807) is 24.3 Å². The monoisotopic (exact) mass is 471 g/mol. The van der Waals surface area contributed by atoms with Crippen LogP contribution < -0.4 is 21.3 Å². The molecule has 0 aliphatic heterocycles. The zero-order chi connectivity index (χ0) is 23.8. The van der Waals surface area contributed by atoms with Gasteiger partial charge in [0.2, 0.25) is 5.91 Å². The second-order valence-electron chi connectivity index (χ2n) is 7.85. The number of anilines is 1. The number of hydrogen-bond donors (Lipinski definition) is 1. The molecule has 0 saturated carbocycles. The van der Waals surface area contributed by atoms with Gasteiger partial charge in [-0.15, -0.1) is 11.3 Å². The minimum absolute atomic E-state index is 0.241. The highest BCUT2D eigenvalue weighted by molar-refractivity contribution is 7.25. The van der Waals surface area contributed by atoms with Crippen LogP contribution in [-0.4, -0.2) is 22.2 Å². The average Bonchev–Trinajstić information content (AvgIpc) is 3.23. The molecule has 1 amide bonds. The number of nitrogens with one attached hydrogen (secondary N) is 1. The summed E-state index contributed by atoms with van der Waals surface area (Å²) in [4.78, 5) is 40.3. The quantitative estimate of drug-likeness (QED) is 0.414. The number of rotatable bonds is 5. The average molecular weight is 472 g/mol. The maximum atomic E-state index is 13.7. The minimum Gasteiger partial charge on any atom is -0.497 e. The number of carbonyl (C=O) groups is 1. The van der Waals surface area contributed by atoms with Gasteiger partial charge in [0.05, 0.1) is 18.3 Å². The van der Waals surface area contributed by atoms with E-state index in [4.69, 9.17) is 4.74 Å². The number of carbonyl (C=O) groups excluding carboxylic acids is 1. The molecule has 34 heavy (non-hydrogen) atoms. The van der Waals surface area contributed by atoms with Gasteiger partial charge in [0.15, 0.2) is 0 Å². The number of fused-ring (bicyclic) bond motifs is 3. The lowest BCUT2D eigenvalue weighted by molar-refractivity contribution is -0.116. The third-order valence-electron chi connectivity index (χ3n) is 5.69. The lowest BCUT2D eigenvalue weighted by atomic mass is 10.2. The Morgan fingerprint density at radius 1 is 1.00 bits per heavy atom. The van der Waals surface area contributed by atoms with Crippen LogP contribution in [0.15, 0.2) is 82.4 Å². The summed E-state index contributed by atoms with van der Waals surface area (Å²) in [7, 11) is 1.52. The van der Waals surface area contributed by atoms with E-state index in [1.165, 1.54) is 23.0 Å². The van der Waals surface area contributed by atoms with Crippen molar-refractivity contribution in [2.75, 3.05) is 12.4 Å². The highest BCUT2D eigenvalue weighted by Gasteiger charge is 2.21. The van der Waals surface area contributed by atoms with Crippen molar-refractivity contribution in [2.24, 2.45) is 0 Å². The number of ether oxygens (including phenoxy) is 1. The molecular formula is C26H21N3O4S. The van der Waals surface area contributed by atoms with E-state index in [0.717, 1.165) is 20.2 Å². The van der Waals surface area contributed by atoms with E-state index < -0.39 is 11.2 Å². The summed E-state index contributed by atoms with van der Waals surface area (Å²) < 4.78 is 9.03. The molecule has 5 aromatic rings. The number of methoxy groups -OCH3 is 1. The first-order valence-electron chi connectivity index (χ1n) is 10.6. The highest BCUT2D eigenvalue weighted by atomic mass is 32.1. The van der Waals surface area contributed by atoms with Gasteiger partial charge in [-0.05, 0) is 36.8 Å². The lowest BCUT2D eigenvalue weighted by Gasteiger charge is -2.14. The first-order chi connectivity index (χ1) is 16.5. The van der Waals surface area contributed by atoms with Crippen LogP contribution in [0.2, 0.25) is 0 Å². The van der Waals surface area contributed by atoms with Gasteiger partial charge in [0.1, 0.15) is 17.0 Å². The van der Waals surface area contributed by atoms with Crippen LogP contribution in [0.3, 0.4) is 0 Å². The molecule has 0 radical (unpaired) electrons. The van der Waals surface area contributed by atoms with Gasteiger partial charge >= 0.3 is 5.69 Å². The fourth-order valence-corrected chi connectivity index (χ4v) is 5.16. The van der Waals surface area contributed by atoms with E-state index in [1.807, 2.05) is 55.5 Å². The number of thiophene rings is 1. The molecule has 3 aromatic carbocycles. The number of amides is 1. The highest BCUT2D eigenvalue weighted by Crippen LogP contribution is 2.31. The van der Waals surface area contributed by atoms with Crippen LogP contribution in [0.4, 0.5) is 5.69 Å². The van der Waals surface area contributed by atoms with Crippen LogP contribution in [-0.2, 0) is 11.3 Å². The molecule has 170 valence electrons. The second-order valence-corrected chi connectivity index (χ2v) is 8.90. The molecule has 0 bridgehead atoms. The zero-order valence-corrected chi connectivity index (χ0v) is 19.4. The Hall–Kier alpha value is -4.17. The molecule has 8 heteroatoms. The van der Waals surface area contributed by atoms with Gasteiger partial charge in [-0.3, -0.25) is 14.2 Å². The van der Waals surface area contributed by atoms with Crippen LogP contribution in [0, 0.1) is 6.92 Å². The first kappa shape index (κ1) is 21.7. The van der Waals surface area contributed by atoms with Gasteiger partial charge in [0.25, 0.3) is 5.56 Å². The Kier molecular flexibility index (Phi) is 5.51. The van der Waals surface area contributed by atoms with Gasteiger partial charge in [-0.2, -0.15) is 0 Å². The fraction of sp³-hybridized carbons (Fsp3) is 0.115. The van der Waals surface area contributed by atoms with Gasteiger partial charge in [-0.25, -0.2) is 9.36 Å². The van der Waals surface area contributed by atoms with Crippen LogP contribution in [0.1, 0.15) is 5.56 Å². The molecule has 0 spiro atoms. The number of nitrogens with zero attached hydrogens (tertiary/aromatic N) is 2. The first-order valence-corrected chi connectivity index (χ1v) is 11.5. The maximum absolute atomic E-state index is 13.7. The number of para-hydroxylation sites is 1. The second kappa shape index (κ2) is 8.64. The van der Waals surface area contributed by atoms with Crippen molar-refractivity contribution in [1.29, 1.82) is 0 Å². The number of aryl methyl sites for hydroxylation is 1. The predicted molar refractivity (Wildman–Crippen MR) is 136 cm³/mol. The van der Waals surface area contributed by atoms with Gasteiger partial charge in [0, 0.05) is 21.8 Å². The van der Waals surface area contributed by atoms with Crippen molar-refractivity contribution in [1.82, 2.24) is 9.13 Å². The SMILES string of the molecule is COc1cccc(-n2c(=O)c3sc4ccccc4c3n(CC(=O)Nc3ccccc3C)c2=O)c1. The molecule has 0 fully saturated rings. The smallest absolute Gasteiger partial charge is 0.336 e. The summed E-state index contributed by atoms with van der Waals surface area (Å²) in [6.07, 6.45) is 0. The Bertz CT molecular complexity index is 1680. The van der Waals surface area contributed by atoms with Crippen molar-refractivity contribution in [3.05, 3.63) is 99.2 Å². The van der Waals surface area contributed by atoms with E-state index in [0.29, 0.717) is 27.3 Å². The van der Waals surface area contributed by atoms with E-state index in [2.05, 4.69) is 5.32 Å². The topological polar surface area (TPSA) is 82.3 Å². The molecule has 0 aliphatic carbocycles. The Morgan fingerprint density at radius 3 is 2.56 bits per heavy atom. The summed E-state index contributed by atoms with van der Waals surface area (Å²) in [6, 6.07) is 21.7. The number of benzene rings is 3. The van der Waals surface area contributed by atoms with Crippen molar-refractivity contribution in [3.8, 4) is 11.4 Å². The number of hydrogen-bond acceptors (Lipinski definition) is 5. The third kappa shape index (κ3) is 3.68. The van der Waals surface area contributed by atoms with Crippen molar-refractivity contribution in [3.63, 3.8) is 0 Å². The molecule has 0 unspecified atom stereocenters. The summed E-state index contributed by atoms with van der Waals surface area (Å²) in [6.45, 7) is 1.66. The normalized spacial score (nSPS) is 11.1. The molecule has 0 aliphatic rings. The molecule has 0 saturated heterocycles. The minimum atomic E-state index is -0.589. The maximum Gasteiger partial charge on any atom is 0.336 e. The molecule has 5 rings (SSSR count). The van der Waals surface area contributed by atoms with Crippen LogP contribution >= 0.6 is 11.3 Å². The standard InChI is InChI=1S/C26H21N3O4S/c1-16-8-3-5-12-20(16)27-22(30)15-28-23-19-11-4-6-13-21(19)34-24(23)25(31)29(26(28)32)17-9-7-10-18(14-17)33-2/h3-14H,15H2,1-2H3,(H,27,30). The largest absolute Gasteiger partial charge is 0.497 e. The summed E-state index contributed by atoms with van der Waals surface area (Å²) >= 11 is 1.31. The Balaban J connectivity index is 1.73. The van der Waals surface area contributed by atoms with Crippen LogP contribution in [0.5, 0.6) is 5.75 Å². The van der Waals surface area contributed by atoms with Gasteiger partial charge < -0.3 is 10.1 Å². The predicted octanol–water partition coefficient (Wildman–Crippen LogP) is 4.32.